The minimum absolute atomic E-state index is 0.149. The summed E-state index contributed by atoms with van der Waals surface area (Å²) < 4.78 is 13.8. The standard InChI is InChI=1S/C24H25ClFN3O3/c1-24(2,3)22(31)27-12-11-19-20(27)21(30)29(16-9-10-18(26)17(25)13-16)23(32)28(19)14-15-7-5-4-6-8-15/h4-10,13,19-20H,11-12,14H2,1-3H3. The normalized spacial score (nSPS) is 21.2. The summed E-state index contributed by atoms with van der Waals surface area (Å²) in [5.74, 6) is -1.29. The van der Waals surface area contributed by atoms with Gasteiger partial charge in [-0.2, -0.15) is 0 Å². The molecule has 2 fully saturated rings. The molecule has 8 heteroatoms. The van der Waals surface area contributed by atoms with E-state index >= 15 is 0 Å². The van der Waals surface area contributed by atoms with Gasteiger partial charge in [-0.05, 0) is 30.2 Å². The second-order valence-electron chi connectivity index (χ2n) is 9.22. The van der Waals surface area contributed by atoms with Crippen LogP contribution in [0.4, 0.5) is 14.9 Å². The quantitative estimate of drug-likeness (QED) is 0.683. The van der Waals surface area contributed by atoms with E-state index in [2.05, 4.69) is 0 Å². The van der Waals surface area contributed by atoms with Gasteiger partial charge in [-0.25, -0.2) is 14.1 Å². The Kier molecular flexibility index (Phi) is 5.71. The Labute approximate surface area is 191 Å². The second kappa shape index (κ2) is 8.20. The molecular formula is C24H25ClFN3O3. The van der Waals surface area contributed by atoms with Crippen LogP contribution in [0.25, 0.3) is 0 Å². The van der Waals surface area contributed by atoms with E-state index in [1.165, 1.54) is 12.1 Å². The number of hydrogen-bond donors (Lipinski definition) is 0. The van der Waals surface area contributed by atoms with Crippen molar-refractivity contribution in [2.75, 3.05) is 11.4 Å². The van der Waals surface area contributed by atoms with Gasteiger partial charge in [-0.15, -0.1) is 0 Å². The first-order chi connectivity index (χ1) is 15.1. The van der Waals surface area contributed by atoms with Crippen molar-refractivity contribution in [2.45, 2.75) is 45.8 Å². The zero-order valence-corrected chi connectivity index (χ0v) is 19.0. The highest BCUT2D eigenvalue weighted by molar-refractivity contribution is 6.31. The van der Waals surface area contributed by atoms with Gasteiger partial charge in [0.2, 0.25) is 5.91 Å². The van der Waals surface area contributed by atoms with E-state index in [4.69, 9.17) is 11.6 Å². The van der Waals surface area contributed by atoms with Crippen LogP contribution in [0.3, 0.4) is 0 Å². The van der Waals surface area contributed by atoms with Gasteiger partial charge in [0.1, 0.15) is 11.9 Å². The molecule has 2 heterocycles. The molecule has 2 aliphatic heterocycles. The lowest BCUT2D eigenvalue weighted by atomic mass is 9.93. The van der Waals surface area contributed by atoms with Crippen molar-refractivity contribution in [3.05, 3.63) is 64.9 Å². The van der Waals surface area contributed by atoms with E-state index in [1.807, 2.05) is 30.3 Å². The lowest BCUT2D eigenvalue weighted by Crippen LogP contribution is -2.66. The van der Waals surface area contributed by atoms with E-state index in [0.29, 0.717) is 13.0 Å². The van der Waals surface area contributed by atoms with Crippen molar-refractivity contribution in [2.24, 2.45) is 5.41 Å². The largest absolute Gasteiger partial charge is 0.332 e. The second-order valence-corrected chi connectivity index (χ2v) is 9.62. The zero-order valence-electron chi connectivity index (χ0n) is 18.2. The highest BCUT2D eigenvalue weighted by Gasteiger charge is 2.54. The van der Waals surface area contributed by atoms with Crippen LogP contribution >= 0.6 is 11.6 Å². The monoisotopic (exact) mass is 457 g/mol. The number of likely N-dealkylation sites (tertiary alicyclic amines) is 1. The summed E-state index contributed by atoms with van der Waals surface area (Å²) in [6, 6.07) is 11.5. The smallest absolute Gasteiger partial charge is 0.328 e. The van der Waals surface area contributed by atoms with Crippen molar-refractivity contribution in [1.29, 1.82) is 0 Å². The summed E-state index contributed by atoms with van der Waals surface area (Å²) in [5.41, 5.74) is 0.412. The average Bonchev–Trinajstić information content (AvgIpc) is 3.18. The van der Waals surface area contributed by atoms with Crippen LogP contribution in [0.1, 0.15) is 32.8 Å². The average molecular weight is 458 g/mol. The molecular weight excluding hydrogens is 433 g/mol. The number of anilines is 1. The van der Waals surface area contributed by atoms with Crippen LogP contribution in [0.2, 0.25) is 5.02 Å². The molecule has 0 aliphatic carbocycles. The van der Waals surface area contributed by atoms with Gasteiger partial charge in [-0.1, -0.05) is 62.7 Å². The van der Waals surface area contributed by atoms with Crippen molar-refractivity contribution < 1.29 is 18.8 Å². The molecule has 0 radical (unpaired) electrons. The molecule has 0 spiro atoms. The summed E-state index contributed by atoms with van der Waals surface area (Å²) in [6.07, 6.45) is 0.509. The molecule has 4 amide bonds. The molecule has 2 atom stereocenters. The molecule has 32 heavy (non-hydrogen) atoms. The Hall–Kier alpha value is -2.93. The number of carbonyl (C=O) groups is 3. The van der Waals surface area contributed by atoms with Crippen molar-refractivity contribution >= 4 is 35.1 Å². The van der Waals surface area contributed by atoms with E-state index < -0.39 is 35.3 Å². The van der Waals surface area contributed by atoms with Gasteiger partial charge in [0, 0.05) is 18.5 Å². The Balaban J connectivity index is 1.77. The van der Waals surface area contributed by atoms with Crippen molar-refractivity contribution in [1.82, 2.24) is 9.80 Å². The van der Waals surface area contributed by atoms with E-state index in [0.717, 1.165) is 16.5 Å². The number of carbonyl (C=O) groups excluding carboxylic acids is 3. The van der Waals surface area contributed by atoms with Gasteiger partial charge >= 0.3 is 6.03 Å². The maximum absolute atomic E-state index is 13.8. The lowest BCUT2D eigenvalue weighted by molar-refractivity contribution is -0.145. The molecule has 0 bridgehead atoms. The molecule has 0 N–H and O–H groups in total. The summed E-state index contributed by atoms with van der Waals surface area (Å²) in [4.78, 5) is 44.5. The highest BCUT2D eigenvalue weighted by atomic mass is 35.5. The first-order valence-corrected chi connectivity index (χ1v) is 10.9. The molecule has 0 saturated carbocycles. The number of benzene rings is 2. The SMILES string of the molecule is CC(C)(C)C(=O)N1CCC2C1C(=O)N(c1ccc(F)c(Cl)c1)C(=O)N2Cc1ccccc1. The third-order valence-electron chi connectivity index (χ3n) is 5.94. The number of fused-ring (bicyclic) bond motifs is 1. The number of nitrogens with zero attached hydrogens (tertiary/aromatic N) is 3. The van der Waals surface area contributed by atoms with Crippen molar-refractivity contribution in [3.63, 3.8) is 0 Å². The molecule has 168 valence electrons. The fourth-order valence-electron chi connectivity index (χ4n) is 4.38. The molecule has 4 rings (SSSR count). The van der Waals surface area contributed by atoms with E-state index in [1.54, 1.807) is 30.6 Å². The molecule has 2 aliphatic rings. The van der Waals surface area contributed by atoms with Crippen LogP contribution < -0.4 is 4.90 Å². The number of halogens is 2. The first kappa shape index (κ1) is 22.3. The highest BCUT2D eigenvalue weighted by Crippen LogP contribution is 2.36. The molecule has 2 aromatic carbocycles. The fraction of sp³-hybridized carbons (Fsp3) is 0.375. The molecule has 2 saturated heterocycles. The van der Waals surface area contributed by atoms with Gasteiger partial charge in [-0.3, -0.25) is 9.59 Å². The predicted molar refractivity (Wildman–Crippen MR) is 120 cm³/mol. The van der Waals surface area contributed by atoms with Crippen LogP contribution in [0.15, 0.2) is 48.5 Å². The van der Waals surface area contributed by atoms with Crippen LogP contribution in [0, 0.1) is 11.2 Å². The van der Waals surface area contributed by atoms with Crippen LogP contribution in [-0.2, 0) is 16.1 Å². The zero-order chi connectivity index (χ0) is 23.2. The predicted octanol–water partition coefficient (Wildman–Crippen LogP) is 4.46. The maximum Gasteiger partial charge on any atom is 0.332 e. The topological polar surface area (TPSA) is 60.9 Å². The summed E-state index contributed by atoms with van der Waals surface area (Å²) >= 11 is 5.94. The number of imide groups is 1. The third kappa shape index (κ3) is 3.86. The Bertz CT molecular complexity index is 1070. The number of rotatable bonds is 3. The number of amides is 4. The van der Waals surface area contributed by atoms with E-state index in [9.17, 15) is 18.8 Å². The van der Waals surface area contributed by atoms with Crippen molar-refractivity contribution in [3.8, 4) is 0 Å². The van der Waals surface area contributed by atoms with Gasteiger partial charge in [0.15, 0.2) is 0 Å². The summed E-state index contributed by atoms with van der Waals surface area (Å²) in [5, 5.41) is -0.186. The minimum Gasteiger partial charge on any atom is -0.328 e. The van der Waals surface area contributed by atoms with Crippen LogP contribution in [-0.4, -0.2) is 46.3 Å². The molecule has 0 aromatic heterocycles. The Morgan fingerprint density at radius 3 is 2.44 bits per heavy atom. The maximum atomic E-state index is 13.8. The van der Waals surface area contributed by atoms with Gasteiger partial charge in [0.25, 0.3) is 5.91 Å². The molecule has 6 nitrogen and oxygen atoms in total. The van der Waals surface area contributed by atoms with Crippen LogP contribution in [0.5, 0.6) is 0 Å². The number of hydrogen-bond acceptors (Lipinski definition) is 3. The summed E-state index contributed by atoms with van der Waals surface area (Å²) in [7, 11) is 0. The lowest BCUT2D eigenvalue weighted by Gasteiger charge is -2.44. The molecule has 2 aromatic rings. The minimum atomic E-state index is -0.813. The fourth-order valence-corrected chi connectivity index (χ4v) is 4.56. The molecule has 2 unspecified atom stereocenters. The third-order valence-corrected chi connectivity index (χ3v) is 6.23. The Morgan fingerprint density at radius 1 is 1.12 bits per heavy atom. The van der Waals surface area contributed by atoms with E-state index in [-0.39, 0.29) is 23.2 Å². The van der Waals surface area contributed by atoms with Gasteiger partial charge < -0.3 is 9.80 Å². The Morgan fingerprint density at radius 2 is 1.81 bits per heavy atom. The first-order valence-electron chi connectivity index (χ1n) is 10.5. The number of urea groups is 1. The summed E-state index contributed by atoms with van der Waals surface area (Å²) in [6.45, 7) is 6.09. The van der Waals surface area contributed by atoms with Gasteiger partial charge in [0.05, 0.1) is 16.8 Å².